The fourth-order valence-corrected chi connectivity index (χ4v) is 2.14. The van der Waals surface area contributed by atoms with E-state index in [1.807, 2.05) is 0 Å². The zero-order chi connectivity index (χ0) is 10.8. The standard InChI is InChI=1S/C10H13Cl2N3/c1-15(7-3-2-4-7)6-10-13-8(11)5-9(12)14-10/h5,7H,2-4,6H2,1H3. The summed E-state index contributed by atoms with van der Waals surface area (Å²) in [6.07, 6.45) is 3.86. The van der Waals surface area contributed by atoms with Crippen LogP contribution in [0.5, 0.6) is 0 Å². The van der Waals surface area contributed by atoms with E-state index in [-0.39, 0.29) is 0 Å². The van der Waals surface area contributed by atoms with Gasteiger partial charge in [0.1, 0.15) is 16.1 Å². The molecule has 1 aliphatic rings. The Bertz CT molecular complexity index is 332. The highest BCUT2D eigenvalue weighted by Crippen LogP contribution is 2.24. The van der Waals surface area contributed by atoms with Gasteiger partial charge in [-0.2, -0.15) is 0 Å². The molecule has 0 amide bonds. The van der Waals surface area contributed by atoms with Crippen LogP contribution in [0.1, 0.15) is 25.1 Å². The van der Waals surface area contributed by atoms with Gasteiger partial charge in [0.25, 0.3) is 0 Å². The first-order valence-electron chi connectivity index (χ1n) is 5.04. The van der Waals surface area contributed by atoms with Crippen molar-refractivity contribution in [2.75, 3.05) is 7.05 Å². The van der Waals surface area contributed by atoms with E-state index in [2.05, 4.69) is 21.9 Å². The molecule has 0 radical (unpaired) electrons. The molecular weight excluding hydrogens is 233 g/mol. The van der Waals surface area contributed by atoms with Gasteiger partial charge in [0.05, 0.1) is 6.54 Å². The first kappa shape index (κ1) is 11.1. The molecule has 0 atom stereocenters. The lowest BCUT2D eigenvalue weighted by atomic mass is 9.92. The Labute approximate surface area is 99.4 Å². The molecule has 1 fully saturated rings. The summed E-state index contributed by atoms with van der Waals surface area (Å²) < 4.78 is 0. The van der Waals surface area contributed by atoms with Crippen LogP contribution in [-0.2, 0) is 6.54 Å². The summed E-state index contributed by atoms with van der Waals surface area (Å²) in [4.78, 5) is 10.5. The monoisotopic (exact) mass is 245 g/mol. The van der Waals surface area contributed by atoms with E-state index in [1.165, 1.54) is 19.3 Å². The molecule has 0 spiro atoms. The maximum atomic E-state index is 5.81. The van der Waals surface area contributed by atoms with Crippen LogP contribution in [0.25, 0.3) is 0 Å². The minimum Gasteiger partial charge on any atom is -0.296 e. The quantitative estimate of drug-likeness (QED) is 0.768. The van der Waals surface area contributed by atoms with Crippen molar-refractivity contribution in [1.29, 1.82) is 0 Å². The van der Waals surface area contributed by atoms with E-state index in [1.54, 1.807) is 6.07 Å². The molecular formula is C10H13Cl2N3. The van der Waals surface area contributed by atoms with Crippen molar-refractivity contribution in [2.24, 2.45) is 0 Å². The van der Waals surface area contributed by atoms with Gasteiger partial charge >= 0.3 is 0 Å². The molecule has 3 nitrogen and oxygen atoms in total. The molecule has 1 aromatic rings. The molecule has 0 saturated heterocycles. The Balaban J connectivity index is 2.02. The van der Waals surface area contributed by atoms with Crippen LogP contribution in [0, 0.1) is 0 Å². The summed E-state index contributed by atoms with van der Waals surface area (Å²) in [5, 5.41) is 0.819. The van der Waals surface area contributed by atoms with Gasteiger partial charge in [0, 0.05) is 12.1 Å². The molecule has 0 N–H and O–H groups in total. The Kier molecular flexibility index (Phi) is 3.44. The van der Waals surface area contributed by atoms with Gasteiger partial charge < -0.3 is 0 Å². The average molecular weight is 246 g/mol. The molecule has 1 aromatic heterocycles. The predicted octanol–water partition coefficient (Wildman–Crippen LogP) is 2.77. The second-order valence-corrected chi connectivity index (χ2v) is 4.70. The van der Waals surface area contributed by atoms with E-state index in [9.17, 15) is 0 Å². The highest BCUT2D eigenvalue weighted by atomic mass is 35.5. The third-order valence-electron chi connectivity index (χ3n) is 2.80. The van der Waals surface area contributed by atoms with Gasteiger partial charge in [0.15, 0.2) is 0 Å². The first-order chi connectivity index (χ1) is 7.15. The fraction of sp³-hybridized carbons (Fsp3) is 0.600. The lowest BCUT2D eigenvalue weighted by Gasteiger charge is -2.34. The highest BCUT2D eigenvalue weighted by molar-refractivity contribution is 6.33. The molecule has 5 heteroatoms. The predicted molar refractivity (Wildman–Crippen MR) is 61.2 cm³/mol. The van der Waals surface area contributed by atoms with Crippen molar-refractivity contribution < 1.29 is 0 Å². The maximum absolute atomic E-state index is 5.81. The summed E-state index contributed by atoms with van der Waals surface area (Å²) in [5.74, 6) is 0.696. The van der Waals surface area contributed by atoms with Crippen molar-refractivity contribution in [1.82, 2.24) is 14.9 Å². The topological polar surface area (TPSA) is 29.0 Å². The van der Waals surface area contributed by atoms with E-state index >= 15 is 0 Å². The molecule has 1 heterocycles. The van der Waals surface area contributed by atoms with Crippen LogP contribution in [0.4, 0.5) is 0 Å². The van der Waals surface area contributed by atoms with Crippen LogP contribution in [0.15, 0.2) is 6.07 Å². The summed E-state index contributed by atoms with van der Waals surface area (Å²) in [6.45, 7) is 0.713. The summed E-state index contributed by atoms with van der Waals surface area (Å²) >= 11 is 11.6. The molecule has 1 saturated carbocycles. The molecule has 0 aromatic carbocycles. The lowest BCUT2D eigenvalue weighted by molar-refractivity contribution is 0.149. The van der Waals surface area contributed by atoms with Crippen LogP contribution < -0.4 is 0 Å². The molecule has 0 aliphatic heterocycles. The second-order valence-electron chi connectivity index (χ2n) is 3.93. The van der Waals surface area contributed by atoms with Gasteiger partial charge in [-0.3, -0.25) is 4.90 Å². The maximum Gasteiger partial charge on any atom is 0.145 e. The van der Waals surface area contributed by atoms with Crippen molar-refractivity contribution in [2.45, 2.75) is 31.8 Å². The molecule has 0 unspecified atom stereocenters. The van der Waals surface area contributed by atoms with Crippen LogP contribution >= 0.6 is 23.2 Å². The second kappa shape index (κ2) is 4.64. The van der Waals surface area contributed by atoms with Crippen LogP contribution in [0.2, 0.25) is 10.3 Å². The number of hydrogen-bond donors (Lipinski definition) is 0. The largest absolute Gasteiger partial charge is 0.296 e. The van der Waals surface area contributed by atoms with Crippen LogP contribution in [-0.4, -0.2) is 28.0 Å². The summed E-state index contributed by atoms with van der Waals surface area (Å²) in [7, 11) is 2.09. The minimum absolute atomic E-state index is 0.409. The molecule has 2 rings (SSSR count). The number of hydrogen-bond acceptors (Lipinski definition) is 3. The van der Waals surface area contributed by atoms with Gasteiger partial charge in [-0.1, -0.05) is 29.6 Å². The SMILES string of the molecule is CN(Cc1nc(Cl)cc(Cl)n1)C1CCC1. The molecule has 15 heavy (non-hydrogen) atoms. The summed E-state index contributed by atoms with van der Waals surface area (Å²) in [5.41, 5.74) is 0. The Morgan fingerprint density at radius 1 is 1.33 bits per heavy atom. The smallest absolute Gasteiger partial charge is 0.145 e. The van der Waals surface area contributed by atoms with Crippen LogP contribution in [0.3, 0.4) is 0 Å². The first-order valence-corrected chi connectivity index (χ1v) is 5.80. The number of aromatic nitrogens is 2. The molecule has 1 aliphatic carbocycles. The van der Waals surface area contributed by atoms with Gasteiger partial charge in [-0.25, -0.2) is 9.97 Å². The van der Waals surface area contributed by atoms with Crippen molar-refractivity contribution in [3.05, 3.63) is 22.2 Å². The number of rotatable bonds is 3. The zero-order valence-corrected chi connectivity index (χ0v) is 10.1. The van der Waals surface area contributed by atoms with E-state index in [4.69, 9.17) is 23.2 Å². The molecule has 82 valence electrons. The number of nitrogens with zero attached hydrogens (tertiary/aromatic N) is 3. The number of halogens is 2. The Morgan fingerprint density at radius 3 is 2.40 bits per heavy atom. The van der Waals surface area contributed by atoms with E-state index < -0.39 is 0 Å². The lowest BCUT2D eigenvalue weighted by Crippen LogP contribution is -2.36. The fourth-order valence-electron chi connectivity index (χ4n) is 1.68. The third-order valence-corrected chi connectivity index (χ3v) is 3.19. The molecule has 0 bridgehead atoms. The third kappa shape index (κ3) is 2.80. The average Bonchev–Trinajstić information content (AvgIpc) is 1.96. The van der Waals surface area contributed by atoms with Crippen molar-refractivity contribution in [3.8, 4) is 0 Å². The van der Waals surface area contributed by atoms with Crippen molar-refractivity contribution >= 4 is 23.2 Å². The van der Waals surface area contributed by atoms with Gasteiger partial charge in [-0.15, -0.1) is 0 Å². The van der Waals surface area contributed by atoms with Gasteiger partial charge in [0.2, 0.25) is 0 Å². The zero-order valence-electron chi connectivity index (χ0n) is 8.58. The highest BCUT2D eigenvalue weighted by Gasteiger charge is 2.22. The Morgan fingerprint density at radius 2 is 1.93 bits per heavy atom. The van der Waals surface area contributed by atoms with E-state index in [0.717, 1.165) is 0 Å². The Hall–Kier alpha value is -0.380. The normalized spacial score (nSPS) is 16.8. The minimum atomic E-state index is 0.409. The summed E-state index contributed by atoms with van der Waals surface area (Å²) in [6, 6.07) is 2.22. The van der Waals surface area contributed by atoms with Gasteiger partial charge in [-0.05, 0) is 19.9 Å². The van der Waals surface area contributed by atoms with Crippen molar-refractivity contribution in [3.63, 3.8) is 0 Å². The van der Waals surface area contributed by atoms with E-state index in [0.29, 0.717) is 28.7 Å².